The number of ether oxygens (including phenoxy) is 2. The summed E-state index contributed by atoms with van der Waals surface area (Å²) in [4.78, 5) is 13.5. The van der Waals surface area contributed by atoms with Crippen LogP contribution in [0.25, 0.3) is 0 Å². The molecule has 174 valence electrons. The minimum atomic E-state index is -4.82. The predicted octanol–water partition coefficient (Wildman–Crippen LogP) is 6.34. The van der Waals surface area contributed by atoms with Gasteiger partial charge in [-0.05, 0) is 42.0 Å². The van der Waals surface area contributed by atoms with E-state index in [0.29, 0.717) is 15.6 Å². The molecule has 12 heteroatoms. The second-order valence-electron chi connectivity index (χ2n) is 7.01. The molecule has 0 saturated carbocycles. The Labute approximate surface area is 196 Å². The number of benzene rings is 2. The lowest BCUT2D eigenvalue weighted by atomic mass is 10.1. The molecule has 1 amide bonds. The Kier molecular flexibility index (Phi) is 8.11. The van der Waals surface area contributed by atoms with Gasteiger partial charge in [0.05, 0.1) is 17.7 Å². The highest BCUT2D eigenvalue weighted by atomic mass is 35.5. The second-order valence-corrected chi connectivity index (χ2v) is 8.29. The van der Waals surface area contributed by atoms with E-state index in [1.807, 2.05) is 0 Å². The number of anilines is 1. The third kappa shape index (κ3) is 6.86. The number of hydrogen-bond donors (Lipinski definition) is 1. The lowest BCUT2D eigenvalue weighted by Crippen LogP contribution is -2.48. The van der Waals surface area contributed by atoms with E-state index in [4.69, 9.17) is 39.5 Å². The van der Waals surface area contributed by atoms with Crippen molar-refractivity contribution in [3.05, 3.63) is 62.8 Å². The van der Waals surface area contributed by atoms with Gasteiger partial charge in [-0.15, -0.1) is 0 Å². The van der Waals surface area contributed by atoms with Crippen molar-refractivity contribution in [1.29, 1.82) is 0 Å². The van der Waals surface area contributed by atoms with Crippen LogP contribution in [0.1, 0.15) is 11.7 Å². The van der Waals surface area contributed by atoms with Crippen LogP contribution in [0.2, 0.25) is 15.1 Å². The van der Waals surface area contributed by atoms with Gasteiger partial charge >= 0.3 is 12.3 Å². The smallest absolute Gasteiger partial charge is 0.426 e. The van der Waals surface area contributed by atoms with Gasteiger partial charge in [-0.2, -0.15) is 13.2 Å². The normalized spacial score (nSPS) is 18.3. The van der Waals surface area contributed by atoms with Crippen molar-refractivity contribution in [3.8, 4) is 0 Å². The summed E-state index contributed by atoms with van der Waals surface area (Å²) in [6, 6.07) is 8.04. The Balaban J connectivity index is 1.65. The third-order valence-electron chi connectivity index (χ3n) is 4.61. The first-order valence-electron chi connectivity index (χ1n) is 9.30. The second kappa shape index (κ2) is 10.4. The molecule has 2 aromatic rings. The van der Waals surface area contributed by atoms with Crippen molar-refractivity contribution in [2.24, 2.45) is 0 Å². The van der Waals surface area contributed by atoms with Gasteiger partial charge in [0.15, 0.2) is 0 Å². The maximum absolute atomic E-state index is 13.5. The number of carbonyl (C=O) groups is 1. The Morgan fingerprint density at radius 1 is 1.19 bits per heavy atom. The third-order valence-corrected chi connectivity index (χ3v) is 5.35. The summed E-state index contributed by atoms with van der Waals surface area (Å²) in [5.41, 5.74) is 0.529. The number of amides is 1. The first-order chi connectivity index (χ1) is 15.0. The highest BCUT2D eigenvalue weighted by molar-refractivity contribution is 6.34. The highest BCUT2D eigenvalue weighted by Crippen LogP contribution is 2.30. The molecule has 32 heavy (non-hydrogen) atoms. The molecule has 0 aromatic heterocycles. The van der Waals surface area contributed by atoms with Crippen LogP contribution in [0.5, 0.6) is 0 Å². The number of hydrogen-bond acceptors (Lipinski definition) is 4. The minimum absolute atomic E-state index is 0.0953. The molecule has 0 bridgehead atoms. The number of nitrogens with zero attached hydrogens (tertiary/aromatic N) is 1. The van der Waals surface area contributed by atoms with E-state index in [1.165, 1.54) is 17.0 Å². The lowest BCUT2D eigenvalue weighted by Gasteiger charge is -2.35. The number of alkyl halides is 3. The van der Waals surface area contributed by atoms with Crippen LogP contribution >= 0.6 is 34.8 Å². The first kappa shape index (κ1) is 24.9. The standard InChI is InChI=1S/C20H17Cl3F4N2O3/c21-12-5-11(6-13(22)7-12)17-9-29(3-4-31-17)10-18(20(25,26)27)32-19(30)28-14-1-2-15(23)16(24)8-14/h1-2,5-8,17-18H,3-4,9-10H2,(H,28,30)/t17-,18?/m0/s1. The Morgan fingerprint density at radius 2 is 1.88 bits per heavy atom. The van der Waals surface area contributed by atoms with Crippen LogP contribution in [-0.2, 0) is 9.47 Å². The van der Waals surface area contributed by atoms with Crippen LogP contribution in [0.15, 0.2) is 36.4 Å². The highest BCUT2D eigenvalue weighted by Gasteiger charge is 2.44. The molecule has 5 nitrogen and oxygen atoms in total. The van der Waals surface area contributed by atoms with Crippen LogP contribution in [0.4, 0.5) is 28.0 Å². The van der Waals surface area contributed by atoms with Gasteiger partial charge in [0.2, 0.25) is 6.10 Å². The minimum Gasteiger partial charge on any atom is -0.435 e. The molecule has 1 heterocycles. The molecule has 1 unspecified atom stereocenters. The van der Waals surface area contributed by atoms with Gasteiger partial charge in [0, 0.05) is 35.4 Å². The summed E-state index contributed by atoms with van der Waals surface area (Å²) in [6.07, 6.45) is -9.17. The number of rotatable bonds is 5. The summed E-state index contributed by atoms with van der Waals surface area (Å²) in [5, 5.41) is 2.62. The van der Waals surface area contributed by atoms with Crippen LogP contribution < -0.4 is 5.32 Å². The molecule has 0 spiro atoms. The monoisotopic (exact) mass is 514 g/mol. The number of carbonyl (C=O) groups excluding carboxylic acids is 1. The van der Waals surface area contributed by atoms with E-state index in [1.54, 1.807) is 12.1 Å². The van der Waals surface area contributed by atoms with Crippen LogP contribution in [0, 0.1) is 5.82 Å². The molecule has 3 rings (SSSR count). The topological polar surface area (TPSA) is 50.8 Å². The van der Waals surface area contributed by atoms with Crippen molar-refractivity contribution >= 4 is 46.6 Å². The molecule has 1 aliphatic rings. The molecule has 1 aliphatic heterocycles. The average Bonchev–Trinajstić information content (AvgIpc) is 2.69. The molecular formula is C20H17Cl3F4N2O3. The van der Waals surface area contributed by atoms with E-state index >= 15 is 0 Å². The van der Waals surface area contributed by atoms with E-state index in [0.717, 1.165) is 12.1 Å². The molecule has 1 fully saturated rings. The van der Waals surface area contributed by atoms with Gasteiger partial charge < -0.3 is 9.47 Å². The van der Waals surface area contributed by atoms with Crippen molar-refractivity contribution in [2.45, 2.75) is 18.4 Å². The van der Waals surface area contributed by atoms with Crippen LogP contribution in [-0.4, -0.2) is 49.5 Å². The lowest BCUT2D eigenvalue weighted by molar-refractivity contribution is -0.209. The van der Waals surface area contributed by atoms with Crippen LogP contribution in [0.3, 0.4) is 0 Å². The number of morpholine rings is 1. The quantitative estimate of drug-likeness (QED) is 0.472. The average molecular weight is 516 g/mol. The first-order valence-corrected chi connectivity index (χ1v) is 10.4. The van der Waals surface area contributed by atoms with Crippen molar-refractivity contribution in [3.63, 3.8) is 0 Å². The summed E-state index contributed by atoms with van der Waals surface area (Å²) in [7, 11) is 0. The van der Waals surface area contributed by atoms with Gasteiger partial charge in [-0.1, -0.05) is 34.8 Å². The van der Waals surface area contributed by atoms with Gasteiger partial charge in [0.1, 0.15) is 5.82 Å². The fourth-order valence-corrected chi connectivity index (χ4v) is 3.78. The molecule has 1 N–H and O–H groups in total. The zero-order chi connectivity index (χ0) is 23.5. The van der Waals surface area contributed by atoms with Crippen molar-refractivity contribution in [2.75, 3.05) is 31.6 Å². The van der Waals surface area contributed by atoms with Gasteiger partial charge in [0.25, 0.3) is 0 Å². The zero-order valence-corrected chi connectivity index (χ0v) is 18.5. The van der Waals surface area contributed by atoms with Gasteiger partial charge in [-0.3, -0.25) is 10.2 Å². The molecule has 1 saturated heterocycles. The molecule has 2 aromatic carbocycles. The fourth-order valence-electron chi connectivity index (χ4n) is 3.12. The Bertz CT molecular complexity index is 957. The van der Waals surface area contributed by atoms with Crippen molar-refractivity contribution < 1.29 is 31.8 Å². The van der Waals surface area contributed by atoms with E-state index in [9.17, 15) is 22.4 Å². The summed E-state index contributed by atoms with van der Waals surface area (Å²) in [6.45, 7) is -0.142. The van der Waals surface area contributed by atoms with Crippen molar-refractivity contribution in [1.82, 2.24) is 4.90 Å². The number of halogens is 7. The number of nitrogens with one attached hydrogen (secondary N) is 1. The fraction of sp³-hybridized carbons (Fsp3) is 0.350. The Hall–Kier alpha value is -1.78. The molecule has 0 aliphatic carbocycles. The summed E-state index contributed by atoms with van der Waals surface area (Å²) < 4.78 is 64.4. The molecule has 2 atom stereocenters. The Morgan fingerprint density at radius 3 is 2.50 bits per heavy atom. The maximum Gasteiger partial charge on any atom is 0.426 e. The largest absolute Gasteiger partial charge is 0.435 e. The SMILES string of the molecule is O=C(Nc1ccc(Cl)c(F)c1)OC(CN1CCO[C@H](c2cc(Cl)cc(Cl)c2)C1)C(F)(F)F. The predicted molar refractivity (Wildman–Crippen MR) is 113 cm³/mol. The summed E-state index contributed by atoms with van der Waals surface area (Å²) in [5.74, 6) is -0.836. The molecule has 0 radical (unpaired) electrons. The molecular weight excluding hydrogens is 499 g/mol. The van der Waals surface area contributed by atoms with E-state index in [-0.39, 0.29) is 30.4 Å². The zero-order valence-electron chi connectivity index (χ0n) is 16.3. The maximum atomic E-state index is 13.5. The van der Waals surface area contributed by atoms with E-state index < -0.39 is 36.8 Å². The van der Waals surface area contributed by atoms with E-state index in [2.05, 4.69) is 10.1 Å². The summed E-state index contributed by atoms with van der Waals surface area (Å²) >= 11 is 17.5. The van der Waals surface area contributed by atoms with Gasteiger partial charge in [-0.25, -0.2) is 9.18 Å².